The second-order valence-corrected chi connectivity index (χ2v) is 6.91. The van der Waals surface area contributed by atoms with Gasteiger partial charge < -0.3 is 5.73 Å². The average molecular weight is 314 g/mol. The van der Waals surface area contributed by atoms with Crippen LogP contribution >= 0.6 is 11.6 Å². The molecule has 0 aliphatic rings. The van der Waals surface area contributed by atoms with Crippen LogP contribution in [0.4, 0.5) is 10.1 Å². The fourth-order valence-corrected chi connectivity index (χ4v) is 3.73. The van der Waals surface area contributed by atoms with Crippen molar-refractivity contribution in [3.05, 3.63) is 58.4 Å². The molecule has 106 valence electrons. The Labute approximate surface area is 122 Å². The van der Waals surface area contributed by atoms with Crippen LogP contribution in [0.25, 0.3) is 0 Å². The first kappa shape index (κ1) is 14.8. The van der Waals surface area contributed by atoms with Crippen LogP contribution in [0.5, 0.6) is 0 Å². The number of rotatable bonds is 3. The van der Waals surface area contributed by atoms with Gasteiger partial charge in [-0.05, 0) is 42.8 Å². The zero-order valence-electron chi connectivity index (χ0n) is 10.7. The summed E-state index contributed by atoms with van der Waals surface area (Å²) in [5, 5.41) is 0.229. The molecule has 2 aromatic rings. The minimum absolute atomic E-state index is 0.0885. The summed E-state index contributed by atoms with van der Waals surface area (Å²) in [7, 11) is -3.63. The molecular formula is C14H13ClFNO2S. The third kappa shape index (κ3) is 3.11. The molecule has 6 heteroatoms. The fraction of sp³-hybridized carbons (Fsp3) is 0.143. The van der Waals surface area contributed by atoms with Gasteiger partial charge in [-0.2, -0.15) is 0 Å². The van der Waals surface area contributed by atoms with Gasteiger partial charge in [-0.3, -0.25) is 0 Å². The second kappa shape index (κ2) is 5.42. The SMILES string of the molecule is Cc1cc(N)ccc1S(=O)(=O)Cc1ccc(Cl)cc1F. The number of halogens is 2. The number of benzene rings is 2. The van der Waals surface area contributed by atoms with E-state index in [1.165, 1.54) is 24.3 Å². The summed E-state index contributed by atoms with van der Waals surface area (Å²) in [4.78, 5) is 0.154. The number of nitrogens with two attached hydrogens (primary N) is 1. The molecule has 0 saturated carbocycles. The lowest BCUT2D eigenvalue weighted by Crippen LogP contribution is -2.08. The van der Waals surface area contributed by atoms with Crippen molar-refractivity contribution in [3.8, 4) is 0 Å². The lowest BCUT2D eigenvalue weighted by atomic mass is 10.2. The number of anilines is 1. The van der Waals surface area contributed by atoms with Gasteiger partial charge in [-0.1, -0.05) is 17.7 Å². The Balaban J connectivity index is 2.41. The first-order valence-electron chi connectivity index (χ1n) is 5.82. The number of aryl methyl sites for hydroxylation is 1. The van der Waals surface area contributed by atoms with Gasteiger partial charge in [-0.25, -0.2) is 12.8 Å². The summed E-state index contributed by atoms with van der Waals surface area (Å²) in [6.07, 6.45) is 0. The van der Waals surface area contributed by atoms with Gasteiger partial charge in [0.1, 0.15) is 5.82 Å². The van der Waals surface area contributed by atoms with Gasteiger partial charge in [0, 0.05) is 16.3 Å². The molecule has 0 atom stereocenters. The Kier molecular flexibility index (Phi) is 4.01. The van der Waals surface area contributed by atoms with E-state index >= 15 is 0 Å². The van der Waals surface area contributed by atoms with Gasteiger partial charge in [0.2, 0.25) is 0 Å². The minimum atomic E-state index is -3.63. The highest BCUT2D eigenvalue weighted by Crippen LogP contribution is 2.24. The van der Waals surface area contributed by atoms with Crippen molar-refractivity contribution in [3.63, 3.8) is 0 Å². The van der Waals surface area contributed by atoms with Crippen molar-refractivity contribution in [2.75, 3.05) is 5.73 Å². The average Bonchev–Trinajstić information content (AvgIpc) is 2.32. The van der Waals surface area contributed by atoms with Crippen molar-refractivity contribution in [2.45, 2.75) is 17.6 Å². The normalized spacial score (nSPS) is 11.6. The van der Waals surface area contributed by atoms with E-state index in [0.717, 1.165) is 6.07 Å². The highest BCUT2D eigenvalue weighted by molar-refractivity contribution is 7.90. The van der Waals surface area contributed by atoms with Crippen molar-refractivity contribution in [2.24, 2.45) is 0 Å². The van der Waals surface area contributed by atoms with E-state index in [9.17, 15) is 12.8 Å². The Bertz CT molecular complexity index is 760. The molecule has 2 aromatic carbocycles. The predicted molar refractivity (Wildman–Crippen MR) is 77.9 cm³/mol. The molecule has 0 radical (unpaired) electrons. The standard InChI is InChI=1S/C14H13ClFNO2S/c1-9-6-12(17)4-5-14(9)20(18,19)8-10-2-3-11(15)7-13(10)16/h2-7H,8,17H2,1H3. The molecule has 2 rings (SSSR count). The summed E-state index contributed by atoms with van der Waals surface area (Å²) in [5.74, 6) is -1.05. The summed E-state index contributed by atoms with van der Waals surface area (Å²) >= 11 is 5.64. The molecule has 0 bridgehead atoms. The summed E-state index contributed by atoms with van der Waals surface area (Å²) in [6, 6.07) is 8.46. The molecule has 0 heterocycles. The topological polar surface area (TPSA) is 60.2 Å². The molecule has 20 heavy (non-hydrogen) atoms. The Morgan fingerprint density at radius 2 is 1.90 bits per heavy atom. The quantitative estimate of drug-likeness (QED) is 0.884. The molecule has 0 fully saturated rings. The van der Waals surface area contributed by atoms with Gasteiger partial charge in [0.05, 0.1) is 10.6 Å². The summed E-state index contributed by atoms with van der Waals surface area (Å²) in [5.41, 5.74) is 6.71. The summed E-state index contributed by atoms with van der Waals surface area (Å²) < 4.78 is 38.4. The highest BCUT2D eigenvalue weighted by Gasteiger charge is 2.19. The van der Waals surface area contributed by atoms with Crippen LogP contribution in [0, 0.1) is 12.7 Å². The van der Waals surface area contributed by atoms with Crippen LogP contribution in [0.2, 0.25) is 5.02 Å². The van der Waals surface area contributed by atoms with Crippen molar-refractivity contribution >= 4 is 27.1 Å². The highest BCUT2D eigenvalue weighted by atomic mass is 35.5. The molecule has 0 aliphatic carbocycles. The van der Waals surface area contributed by atoms with Crippen LogP contribution in [0.3, 0.4) is 0 Å². The van der Waals surface area contributed by atoms with E-state index in [0.29, 0.717) is 11.3 Å². The second-order valence-electron chi connectivity index (χ2n) is 4.52. The van der Waals surface area contributed by atoms with Gasteiger partial charge in [0.15, 0.2) is 9.84 Å². The molecule has 0 unspecified atom stereocenters. The van der Waals surface area contributed by atoms with E-state index in [-0.39, 0.29) is 15.5 Å². The summed E-state index contributed by atoms with van der Waals surface area (Å²) in [6.45, 7) is 1.65. The van der Waals surface area contributed by atoms with Crippen LogP contribution in [-0.2, 0) is 15.6 Å². The number of hydrogen-bond acceptors (Lipinski definition) is 3. The Hall–Kier alpha value is -1.59. The van der Waals surface area contributed by atoms with E-state index in [1.54, 1.807) is 13.0 Å². The number of hydrogen-bond donors (Lipinski definition) is 1. The predicted octanol–water partition coefficient (Wildman–Crippen LogP) is 3.34. The zero-order valence-corrected chi connectivity index (χ0v) is 12.3. The van der Waals surface area contributed by atoms with Crippen LogP contribution < -0.4 is 5.73 Å². The van der Waals surface area contributed by atoms with Gasteiger partial charge in [0.25, 0.3) is 0 Å². The van der Waals surface area contributed by atoms with E-state index in [4.69, 9.17) is 17.3 Å². The number of nitrogen functional groups attached to an aromatic ring is 1. The maximum atomic E-state index is 13.7. The van der Waals surface area contributed by atoms with Crippen LogP contribution in [0.1, 0.15) is 11.1 Å². The lowest BCUT2D eigenvalue weighted by Gasteiger charge is -2.09. The molecule has 0 saturated heterocycles. The number of sulfone groups is 1. The van der Waals surface area contributed by atoms with Crippen molar-refractivity contribution < 1.29 is 12.8 Å². The molecular weight excluding hydrogens is 301 g/mol. The van der Waals surface area contributed by atoms with E-state index in [1.807, 2.05) is 0 Å². The fourth-order valence-electron chi connectivity index (χ4n) is 1.94. The van der Waals surface area contributed by atoms with Gasteiger partial charge in [-0.15, -0.1) is 0 Å². The zero-order chi connectivity index (χ0) is 14.9. The largest absolute Gasteiger partial charge is 0.399 e. The first-order valence-corrected chi connectivity index (χ1v) is 7.85. The third-order valence-corrected chi connectivity index (χ3v) is 4.95. The van der Waals surface area contributed by atoms with Crippen molar-refractivity contribution in [1.82, 2.24) is 0 Å². The van der Waals surface area contributed by atoms with E-state index in [2.05, 4.69) is 0 Å². The molecule has 0 aliphatic heterocycles. The maximum absolute atomic E-state index is 13.7. The van der Waals surface area contributed by atoms with Crippen molar-refractivity contribution in [1.29, 1.82) is 0 Å². The Morgan fingerprint density at radius 1 is 1.20 bits per heavy atom. The monoisotopic (exact) mass is 313 g/mol. The van der Waals surface area contributed by atoms with Gasteiger partial charge >= 0.3 is 0 Å². The molecule has 0 spiro atoms. The third-order valence-electron chi connectivity index (χ3n) is 2.89. The molecule has 0 amide bonds. The first-order chi connectivity index (χ1) is 9.29. The molecule has 3 nitrogen and oxygen atoms in total. The minimum Gasteiger partial charge on any atom is -0.399 e. The molecule has 0 aromatic heterocycles. The maximum Gasteiger partial charge on any atom is 0.182 e. The Morgan fingerprint density at radius 3 is 2.50 bits per heavy atom. The van der Waals surface area contributed by atoms with Crippen LogP contribution in [-0.4, -0.2) is 8.42 Å². The van der Waals surface area contributed by atoms with E-state index < -0.39 is 21.4 Å². The lowest BCUT2D eigenvalue weighted by molar-refractivity contribution is 0.586. The van der Waals surface area contributed by atoms with Crippen LogP contribution in [0.15, 0.2) is 41.3 Å². The smallest absolute Gasteiger partial charge is 0.182 e. The molecule has 2 N–H and O–H groups in total.